The van der Waals surface area contributed by atoms with Crippen LogP contribution >= 0.6 is 11.3 Å². The van der Waals surface area contributed by atoms with Crippen LogP contribution in [0.2, 0.25) is 0 Å². The lowest BCUT2D eigenvalue weighted by molar-refractivity contribution is -0.132. The van der Waals surface area contributed by atoms with E-state index in [4.69, 9.17) is 4.74 Å². The maximum Gasteiger partial charge on any atom is 0.225 e. The van der Waals surface area contributed by atoms with Gasteiger partial charge in [-0.15, -0.1) is 11.3 Å². The van der Waals surface area contributed by atoms with Gasteiger partial charge in [-0.3, -0.25) is 9.59 Å². The summed E-state index contributed by atoms with van der Waals surface area (Å²) >= 11 is 1.39. The van der Waals surface area contributed by atoms with Crippen LogP contribution in [0.4, 0.5) is 5.00 Å². The third kappa shape index (κ3) is 5.23. The largest absolute Gasteiger partial charge is 0.496 e. The second-order valence-electron chi connectivity index (χ2n) is 7.80. The standard InChI is InChI=1S/C24H25N5O3S/c1-32-20-5-3-2-4-17(20)6-7-22(30)27-24-19(14-25)18-8-12-29(15-21(18)33-24)23(31)9-11-28-13-10-26-16-28/h2-5,10,13,16H,6-9,11-12,15H2,1H3,(H,27,30). The van der Waals surface area contributed by atoms with Crippen LogP contribution < -0.4 is 10.1 Å². The number of aryl methyl sites for hydroxylation is 2. The highest BCUT2D eigenvalue weighted by Crippen LogP contribution is 2.37. The van der Waals surface area contributed by atoms with E-state index in [9.17, 15) is 14.9 Å². The molecule has 0 atom stereocenters. The number of aromatic nitrogens is 2. The first-order chi connectivity index (χ1) is 16.1. The predicted octanol–water partition coefficient (Wildman–Crippen LogP) is 3.37. The number of imidazole rings is 1. The number of methoxy groups -OCH3 is 1. The van der Waals surface area contributed by atoms with Gasteiger partial charge in [-0.2, -0.15) is 5.26 Å². The molecule has 1 aliphatic heterocycles. The summed E-state index contributed by atoms with van der Waals surface area (Å²) < 4.78 is 7.23. The van der Waals surface area contributed by atoms with Crippen molar-refractivity contribution < 1.29 is 14.3 Å². The van der Waals surface area contributed by atoms with E-state index in [2.05, 4.69) is 16.4 Å². The van der Waals surface area contributed by atoms with Crippen LogP contribution in [0.3, 0.4) is 0 Å². The summed E-state index contributed by atoms with van der Waals surface area (Å²) in [5.41, 5.74) is 2.43. The van der Waals surface area contributed by atoms with E-state index in [0.29, 0.717) is 49.5 Å². The first-order valence-corrected chi connectivity index (χ1v) is 11.6. The fourth-order valence-electron chi connectivity index (χ4n) is 3.97. The topological polar surface area (TPSA) is 100 Å². The van der Waals surface area contributed by atoms with Gasteiger partial charge in [0, 0.05) is 43.2 Å². The molecule has 0 saturated heterocycles. The molecule has 0 fully saturated rings. The van der Waals surface area contributed by atoms with Gasteiger partial charge in [0.05, 0.1) is 25.5 Å². The van der Waals surface area contributed by atoms with Gasteiger partial charge in [-0.25, -0.2) is 4.98 Å². The smallest absolute Gasteiger partial charge is 0.225 e. The lowest BCUT2D eigenvalue weighted by atomic mass is 10.0. The van der Waals surface area contributed by atoms with Crippen molar-refractivity contribution >= 4 is 28.2 Å². The molecule has 0 radical (unpaired) electrons. The van der Waals surface area contributed by atoms with Crippen LogP contribution in [-0.4, -0.2) is 39.9 Å². The number of nitriles is 1. The fraction of sp³-hybridized carbons (Fsp3) is 0.333. The molecule has 2 aromatic heterocycles. The van der Waals surface area contributed by atoms with Crippen molar-refractivity contribution in [3.63, 3.8) is 0 Å². The zero-order valence-electron chi connectivity index (χ0n) is 18.4. The van der Waals surface area contributed by atoms with Gasteiger partial charge in [0.2, 0.25) is 11.8 Å². The molecule has 0 aliphatic carbocycles. The summed E-state index contributed by atoms with van der Waals surface area (Å²) in [6.45, 7) is 1.63. The summed E-state index contributed by atoms with van der Waals surface area (Å²) in [4.78, 5) is 32.1. The van der Waals surface area contributed by atoms with Crippen LogP contribution in [-0.2, 0) is 35.5 Å². The Morgan fingerprint density at radius 2 is 2.15 bits per heavy atom. The number of ether oxygens (including phenoxy) is 1. The highest BCUT2D eigenvalue weighted by atomic mass is 32.1. The Morgan fingerprint density at radius 1 is 1.30 bits per heavy atom. The van der Waals surface area contributed by atoms with Crippen LogP contribution in [0.1, 0.15) is 34.4 Å². The lowest BCUT2D eigenvalue weighted by Crippen LogP contribution is -2.35. The molecule has 8 nitrogen and oxygen atoms in total. The molecule has 9 heteroatoms. The van der Waals surface area contributed by atoms with Gasteiger partial charge in [0.25, 0.3) is 0 Å². The number of fused-ring (bicyclic) bond motifs is 1. The molecule has 0 spiro atoms. The maximum absolute atomic E-state index is 12.7. The van der Waals surface area contributed by atoms with E-state index in [1.54, 1.807) is 19.6 Å². The van der Waals surface area contributed by atoms with Crippen LogP contribution in [0, 0.1) is 11.3 Å². The first-order valence-electron chi connectivity index (χ1n) is 10.8. The minimum absolute atomic E-state index is 0.0728. The van der Waals surface area contributed by atoms with Gasteiger partial charge in [0.15, 0.2) is 0 Å². The van der Waals surface area contributed by atoms with E-state index >= 15 is 0 Å². The number of carbonyl (C=O) groups is 2. The van der Waals surface area contributed by atoms with Crippen molar-refractivity contribution in [2.45, 2.75) is 38.8 Å². The van der Waals surface area contributed by atoms with E-state index in [-0.39, 0.29) is 18.2 Å². The number of hydrogen-bond acceptors (Lipinski definition) is 6. The van der Waals surface area contributed by atoms with E-state index in [1.807, 2.05) is 39.9 Å². The molecule has 1 N–H and O–H groups in total. The Kier molecular flexibility index (Phi) is 7.05. The number of nitrogens with zero attached hydrogens (tertiary/aromatic N) is 4. The molecule has 0 bridgehead atoms. The van der Waals surface area contributed by atoms with Gasteiger partial charge < -0.3 is 19.5 Å². The van der Waals surface area contributed by atoms with Crippen LogP contribution in [0.25, 0.3) is 0 Å². The molecule has 4 rings (SSSR count). The van der Waals surface area contributed by atoms with Gasteiger partial charge in [-0.05, 0) is 30.0 Å². The van der Waals surface area contributed by atoms with Crippen molar-refractivity contribution in [3.05, 3.63) is 64.6 Å². The normalized spacial score (nSPS) is 12.7. The highest BCUT2D eigenvalue weighted by Gasteiger charge is 2.27. The molecular weight excluding hydrogens is 438 g/mol. The average molecular weight is 464 g/mol. The number of para-hydroxylation sites is 1. The molecule has 1 aromatic carbocycles. The Morgan fingerprint density at radius 3 is 2.91 bits per heavy atom. The number of anilines is 1. The van der Waals surface area contributed by atoms with E-state index in [0.717, 1.165) is 21.8 Å². The number of amides is 2. The Labute approximate surface area is 196 Å². The number of carbonyl (C=O) groups excluding carboxylic acids is 2. The summed E-state index contributed by atoms with van der Waals surface area (Å²) in [6, 6.07) is 9.87. The number of benzene rings is 1. The second kappa shape index (κ2) is 10.3. The zero-order chi connectivity index (χ0) is 23.2. The highest BCUT2D eigenvalue weighted by molar-refractivity contribution is 7.16. The number of thiophene rings is 1. The summed E-state index contributed by atoms with van der Waals surface area (Å²) in [7, 11) is 1.61. The molecule has 2 amide bonds. The van der Waals surface area contributed by atoms with Crippen LogP contribution in [0.15, 0.2) is 43.0 Å². The monoisotopic (exact) mass is 463 g/mol. The van der Waals surface area contributed by atoms with Crippen molar-refractivity contribution in [1.29, 1.82) is 5.26 Å². The maximum atomic E-state index is 12.7. The third-order valence-electron chi connectivity index (χ3n) is 5.73. The van der Waals surface area contributed by atoms with E-state index in [1.165, 1.54) is 11.3 Å². The van der Waals surface area contributed by atoms with Crippen LogP contribution in [0.5, 0.6) is 5.75 Å². The molecule has 33 heavy (non-hydrogen) atoms. The van der Waals surface area contributed by atoms with E-state index < -0.39 is 0 Å². The second-order valence-corrected chi connectivity index (χ2v) is 8.90. The van der Waals surface area contributed by atoms with Crippen molar-refractivity contribution in [3.8, 4) is 11.8 Å². The Bertz CT molecular complexity index is 1180. The van der Waals surface area contributed by atoms with Crippen molar-refractivity contribution in [1.82, 2.24) is 14.5 Å². The van der Waals surface area contributed by atoms with Gasteiger partial charge in [0.1, 0.15) is 16.8 Å². The van der Waals surface area contributed by atoms with Crippen molar-refractivity contribution in [2.24, 2.45) is 0 Å². The molecule has 0 saturated carbocycles. The summed E-state index contributed by atoms with van der Waals surface area (Å²) in [5, 5.41) is 13.2. The fourth-order valence-corrected chi connectivity index (χ4v) is 5.20. The number of nitrogens with one attached hydrogen (secondary N) is 1. The average Bonchev–Trinajstić information content (AvgIpc) is 3.48. The number of hydrogen-bond donors (Lipinski definition) is 1. The summed E-state index contributed by atoms with van der Waals surface area (Å²) in [5.74, 6) is 0.681. The molecular formula is C24H25N5O3S. The summed E-state index contributed by atoms with van der Waals surface area (Å²) in [6.07, 6.45) is 7.07. The molecule has 170 valence electrons. The third-order valence-corrected chi connectivity index (χ3v) is 6.86. The Hall–Kier alpha value is -3.64. The van der Waals surface area contributed by atoms with Gasteiger partial charge in [-0.1, -0.05) is 18.2 Å². The SMILES string of the molecule is COc1ccccc1CCC(=O)Nc1sc2c(c1C#N)CCN(C(=O)CCn1ccnc1)C2. The molecule has 3 aromatic rings. The minimum Gasteiger partial charge on any atom is -0.496 e. The quantitative estimate of drug-likeness (QED) is 0.552. The molecule has 1 aliphatic rings. The Balaban J connectivity index is 1.38. The van der Waals surface area contributed by atoms with Gasteiger partial charge >= 0.3 is 0 Å². The molecule has 3 heterocycles. The lowest BCUT2D eigenvalue weighted by Gasteiger charge is -2.27. The number of rotatable bonds is 8. The predicted molar refractivity (Wildman–Crippen MR) is 125 cm³/mol. The first kappa shape index (κ1) is 22.6. The molecule has 0 unspecified atom stereocenters. The minimum atomic E-state index is -0.149. The zero-order valence-corrected chi connectivity index (χ0v) is 19.2. The van der Waals surface area contributed by atoms with Crippen molar-refractivity contribution in [2.75, 3.05) is 19.0 Å².